The Labute approximate surface area is 83.5 Å². The van der Waals surface area contributed by atoms with Gasteiger partial charge in [-0.05, 0) is 19.8 Å². The first-order valence-corrected chi connectivity index (χ1v) is 4.71. The highest BCUT2D eigenvalue weighted by Crippen LogP contribution is 2.12. The van der Waals surface area contributed by atoms with Crippen molar-refractivity contribution < 1.29 is 14.3 Å². The highest BCUT2D eigenvalue weighted by Gasteiger charge is 2.27. The number of rotatable bonds is 5. The van der Waals surface area contributed by atoms with Crippen molar-refractivity contribution in [2.75, 3.05) is 13.7 Å². The third-order valence-corrected chi connectivity index (χ3v) is 2.25. The van der Waals surface area contributed by atoms with E-state index >= 15 is 0 Å². The van der Waals surface area contributed by atoms with Crippen LogP contribution in [0.2, 0.25) is 0 Å². The molecule has 0 aliphatic carbocycles. The summed E-state index contributed by atoms with van der Waals surface area (Å²) in [6, 6.07) is -0.0415. The zero-order valence-electron chi connectivity index (χ0n) is 8.53. The summed E-state index contributed by atoms with van der Waals surface area (Å²) in [5.41, 5.74) is 0. The molecule has 2 amide bonds. The fraction of sp³-hybridized carbons (Fsp3) is 0.600. The lowest BCUT2D eigenvalue weighted by molar-refractivity contribution is -0.139. The fourth-order valence-corrected chi connectivity index (χ4v) is 1.50. The molecule has 0 aromatic heterocycles. The summed E-state index contributed by atoms with van der Waals surface area (Å²) in [5, 5.41) is 0. The summed E-state index contributed by atoms with van der Waals surface area (Å²) < 4.78 is 4.90. The number of methoxy groups -OCH3 is 1. The fourth-order valence-electron chi connectivity index (χ4n) is 1.50. The van der Waals surface area contributed by atoms with E-state index in [1.807, 2.05) is 6.92 Å². The van der Waals surface area contributed by atoms with Crippen LogP contribution in [0.5, 0.6) is 0 Å². The molecule has 14 heavy (non-hydrogen) atoms. The molecule has 1 atom stereocenters. The Balaban J connectivity index is 2.40. The zero-order valence-corrected chi connectivity index (χ0v) is 8.53. The van der Waals surface area contributed by atoms with Crippen LogP contribution in [0.25, 0.3) is 0 Å². The molecule has 0 spiro atoms. The van der Waals surface area contributed by atoms with Crippen LogP contribution in [-0.4, -0.2) is 36.5 Å². The highest BCUT2D eigenvalue weighted by molar-refractivity contribution is 6.13. The van der Waals surface area contributed by atoms with Gasteiger partial charge in [0, 0.05) is 31.9 Å². The molecule has 4 nitrogen and oxygen atoms in total. The van der Waals surface area contributed by atoms with Gasteiger partial charge in [0.05, 0.1) is 0 Å². The van der Waals surface area contributed by atoms with E-state index in [9.17, 15) is 9.59 Å². The SMILES string of the molecule is COCCCC(C)N1C(=O)C=CC1=O. The standard InChI is InChI=1S/C10H15NO3/c1-8(4-3-7-14-2)11-9(12)5-6-10(11)13/h5-6,8H,3-4,7H2,1-2H3. The third-order valence-electron chi connectivity index (χ3n) is 2.25. The molecule has 0 fully saturated rings. The van der Waals surface area contributed by atoms with E-state index in [-0.39, 0.29) is 17.9 Å². The quantitative estimate of drug-likeness (QED) is 0.482. The summed E-state index contributed by atoms with van der Waals surface area (Å²) in [6.45, 7) is 2.53. The van der Waals surface area contributed by atoms with Gasteiger partial charge in [0.2, 0.25) is 0 Å². The number of carbonyl (C=O) groups is 2. The highest BCUT2D eigenvalue weighted by atomic mass is 16.5. The summed E-state index contributed by atoms with van der Waals surface area (Å²) in [4.78, 5) is 23.8. The number of ether oxygens (including phenoxy) is 1. The second-order valence-electron chi connectivity index (χ2n) is 3.36. The Hall–Kier alpha value is -1.16. The molecule has 0 saturated heterocycles. The number of amides is 2. The average Bonchev–Trinajstić information content (AvgIpc) is 2.46. The Kier molecular flexibility index (Phi) is 3.83. The average molecular weight is 197 g/mol. The van der Waals surface area contributed by atoms with Crippen LogP contribution in [0, 0.1) is 0 Å². The molecule has 1 aliphatic heterocycles. The van der Waals surface area contributed by atoms with Crippen LogP contribution in [0.4, 0.5) is 0 Å². The van der Waals surface area contributed by atoms with Crippen LogP contribution in [0.1, 0.15) is 19.8 Å². The predicted octanol–water partition coefficient (Wildman–Crippen LogP) is 0.726. The van der Waals surface area contributed by atoms with Crippen molar-refractivity contribution in [3.63, 3.8) is 0 Å². The normalized spacial score (nSPS) is 18.0. The van der Waals surface area contributed by atoms with Gasteiger partial charge in [-0.3, -0.25) is 14.5 Å². The molecular formula is C10H15NO3. The minimum atomic E-state index is -0.208. The lowest BCUT2D eigenvalue weighted by Crippen LogP contribution is -2.38. The second-order valence-corrected chi connectivity index (χ2v) is 3.36. The topological polar surface area (TPSA) is 46.6 Å². The molecule has 0 bridgehead atoms. The Morgan fingerprint density at radius 3 is 2.43 bits per heavy atom. The van der Waals surface area contributed by atoms with Gasteiger partial charge in [-0.2, -0.15) is 0 Å². The third kappa shape index (κ3) is 2.42. The molecule has 0 aromatic carbocycles. The molecule has 0 N–H and O–H groups in total. The number of hydrogen-bond acceptors (Lipinski definition) is 3. The molecule has 1 heterocycles. The van der Waals surface area contributed by atoms with E-state index < -0.39 is 0 Å². The van der Waals surface area contributed by atoms with E-state index in [2.05, 4.69) is 0 Å². The summed E-state index contributed by atoms with van der Waals surface area (Å²) in [7, 11) is 1.64. The van der Waals surface area contributed by atoms with Gasteiger partial charge >= 0.3 is 0 Å². The maximum atomic E-state index is 11.2. The molecular weight excluding hydrogens is 182 g/mol. The van der Waals surface area contributed by atoms with E-state index in [0.29, 0.717) is 6.61 Å². The summed E-state index contributed by atoms with van der Waals surface area (Å²) >= 11 is 0. The number of nitrogens with zero attached hydrogens (tertiary/aromatic N) is 1. The van der Waals surface area contributed by atoms with Crippen molar-refractivity contribution in [2.45, 2.75) is 25.8 Å². The minimum absolute atomic E-state index is 0.0415. The minimum Gasteiger partial charge on any atom is -0.385 e. The maximum absolute atomic E-state index is 11.2. The first-order valence-electron chi connectivity index (χ1n) is 4.71. The maximum Gasteiger partial charge on any atom is 0.253 e. The first-order chi connectivity index (χ1) is 6.66. The summed E-state index contributed by atoms with van der Waals surface area (Å²) in [5.74, 6) is -0.417. The van der Waals surface area contributed by atoms with Gasteiger partial charge in [-0.25, -0.2) is 0 Å². The van der Waals surface area contributed by atoms with E-state index in [1.165, 1.54) is 17.1 Å². The zero-order chi connectivity index (χ0) is 10.6. The Morgan fingerprint density at radius 2 is 1.93 bits per heavy atom. The number of carbonyl (C=O) groups excluding carboxylic acids is 2. The van der Waals surface area contributed by atoms with Gasteiger partial charge < -0.3 is 4.74 Å². The van der Waals surface area contributed by atoms with E-state index in [1.54, 1.807) is 7.11 Å². The number of hydrogen-bond donors (Lipinski definition) is 0. The van der Waals surface area contributed by atoms with Gasteiger partial charge in [-0.1, -0.05) is 0 Å². The molecule has 78 valence electrons. The smallest absolute Gasteiger partial charge is 0.253 e. The lowest BCUT2D eigenvalue weighted by Gasteiger charge is -2.21. The first kappa shape index (κ1) is 10.9. The Bertz CT molecular complexity index is 242. The van der Waals surface area contributed by atoms with Gasteiger partial charge in [-0.15, -0.1) is 0 Å². The molecule has 1 rings (SSSR count). The second kappa shape index (κ2) is 4.91. The van der Waals surface area contributed by atoms with E-state index in [4.69, 9.17) is 4.74 Å². The van der Waals surface area contributed by atoms with Crippen LogP contribution < -0.4 is 0 Å². The van der Waals surface area contributed by atoms with Crippen LogP contribution in [0.15, 0.2) is 12.2 Å². The van der Waals surface area contributed by atoms with Crippen LogP contribution in [-0.2, 0) is 14.3 Å². The van der Waals surface area contributed by atoms with Crippen molar-refractivity contribution in [1.82, 2.24) is 4.90 Å². The monoisotopic (exact) mass is 197 g/mol. The molecule has 1 aliphatic rings. The largest absolute Gasteiger partial charge is 0.385 e. The summed E-state index contributed by atoms with van der Waals surface area (Å²) in [6.07, 6.45) is 4.27. The van der Waals surface area contributed by atoms with Gasteiger partial charge in [0.15, 0.2) is 0 Å². The van der Waals surface area contributed by atoms with Crippen molar-refractivity contribution in [3.05, 3.63) is 12.2 Å². The van der Waals surface area contributed by atoms with Crippen molar-refractivity contribution in [3.8, 4) is 0 Å². The van der Waals surface area contributed by atoms with Crippen molar-refractivity contribution in [2.24, 2.45) is 0 Å². The van der Waals surface area contributed by atoms with Crippen LogP contribution >= 0.6 is 0 Å². The van der Waals surface area contributed by atoms with Gasteiger partial charge in [0.25, 0.3) is 11.8 Å². The van der Waals surface area contributed by atoms with Gasteiger partial charge in [0.1, 0.15) is 0 Å². The van der Waals surface area contributed by atoms with Crippen molar-refractivity contribution in [1.29, 1.82) is 0 Å². The predicted molar refractivity (Wildman–Crippen MR) is 51.6 cm³/mol. The van der Waals surface area contributed by atoms with E-state index in [0.717, 1.165) is 12.8 Å². The molecule has 4 heteroatoms. The Morgan fingerprint density at radius 1 is 1.36 bits per heavy atom. The number of imide groups is 1. The van der Waals surface area contributed by atoms with Crippen LogP contribution in [0.3, 0.4) is 0 Å². The molecule has 1 unspecified atom stereocenters. The molecule has 0 saturated carbocycles. The van der Waals surface area contributed by atoms with Crippen molar-refractivity contribution >= 4 is 11.8 Å². The lowest BCUT2D eigenvalue weighted by atomic mass is 10.1. The molecule has 0 aromatic rings. The molecule has 0 radical (unpaired) electrons.